The third-order valence-electron chi connectivity index (χ3n) is 2.21. The molecule has 1 aromatic carbocycles. The lowest BCUT2D eigenvalue weighted by Crippen LogP contribution is -2.07. The van der Waals surface area contributed by atoms with Crippen molar-refractivity contribution in [3.63, 3.8) is 0 Å². The van der Waals surface area contributed by atoms with E-state index in [-0.39, 0.29) is 11.6 Å². The van der Waals surface area contributed by atoms with Gasteiger partial charge in [0.15, 0.2) is 5.78 Å². The number of rotatable bonds is 4. The molecule has 17 heavy (non-hydrogen) atoms. The zero-order valence-electron chi connectivity index (χ0n) is 9.90. The number of Topliss-reactive ketones (excluding diaryl/α,β-unsaturated/α-hetero) is 1. The second-order valence-corrected chi connectivity index (χ2v) is 3.75. The lowest BCUT2D eigenvalue weighted by molar-refractivity contribution is -0.113. The summed E-state index contributed by atoms with van der Waals surface area (Å²) in [4.78, 5) is 15.3. The molecule has 90 valence electrons. The van der Waals surface area contributed by atoms with Crippen LogP contribution in [0.15, 0.2) is 40.5 Å². The van der Waals surface area contributed by atoms with Gasteiger partial charge in [-0.3, -0.25) is 9.79 Å². The molecule has 0 unspecified atom stereocenters. The third-order valence-corrected chi connectivity index (χ3v) is 2.21. The highest BCUT2D eigenvalue weighted by atomic mass is 19.1. The molecule has 0 atom stereocenters. The summed E-state index contributed by atoms with van der Waals surface area (Å²) in [5.41, 5.74) is 7.28. The van der Waals surface area contributed by atoms with Gasteiger partial charge < -0.3 is 5.73 Å². The molecule has 0 aliphatic rings. The predicted octanol–water partition coefficient (Wildman–Crippen LogP) is 2.22. The number of carbonyl (C=O) groups excluding carboxylic acids is 1. The van der Waals surface area contributed by atoms with Crippen LogP contribution in [0.3, 0.4) is 0 Å². The first-order valence-electron chi connectivity index (χ1n) is 5.22. The van der Waals surface area contributed by atoms with E-state index >= 15 is 0 Å². The smallest absolute Gasteiger partial charge is 0.163 e. The Kier molecular flexibility index (Phi) is 4.57. The largest absolute Gasteiger partial charge is 0.402 e. The van der Waals surface area contributed by atoms with E-state index in [0.29, 0.717) is 17.8 Å². The van der Waals surface area contributed by atoms with Gasteiger partial charge in [0.05, 0.1) is 12.1 Å². The highest BCUT2D eigenvalue weighted by Crippen LogP contribution is 2.04. The van der Waals surface area contributed by atoms with Gasteiger partial charge in [-0.15, -0.1) is 0 Å². The van der Waals surface area contributed by atoms with E-state index in [1.54, 1.807) is 19.1 Å². The van der Waals surface area contributed by atoms with E-state index in [0.717, 1.165) is 5.56 Å². The van der Waals surface area contributed by atoms with Crippen LogP contribution in [0.4, 0.5) is 4.39 Å². The van der Waals surface area contributed by atoms with Crippen molar-refractivity contribution in [2.24, 2.45) is 10.7 Å². The summed E-state index contributed by atoms with van der Waals surface area (Å²) in [6.07, 6.45) is 1.46. The number of hydrogen-bond acceptors (Lipinski definition) is 3. The fourth-order valence-electron chi connectivity index (χ4n) is 1.30. The number of halogens is 1. The van der Waals surface area contributed by atoms with Crippen LogP contribution in [0.2, 0.25) is 0 Å². The van der Waals surface area contributed by atoms with E-state index < -0.39 is 0 Å². The summed E-state index contributed by atoms with van der Waals surface area (Å²) in [6.45, 7) is 3.49. The molecule has 0 aliphatic heterocycles. The normalized spacial score (nSPS) is 12.6. The van der Waals surface area contributed by atoms with Gasteiger partial charge in [-0.05, 0) is 31.5 Å². The molecule has 1 rings (SSSR count). The predicted molar refractivity (Wildman–Crippen MR) is 66.2 cm³/mol. The minimum absolute atomic E-state index is 0.118. The van der Waals surface area contributed by atoms with E-state index in [1.165, 1.54) is 25.3 Å². The molecule has 0 aromatic heterocycles. The molecule has 0 fully saturated rings. The lowest BCUT2D eigenvalue weighted by atomic mass is 10.1. The van der Waals surface area contributed by atoms with Crippen molar-refractivity contribution in [3.05, 3.63) is 46.9 Å². The number of aliphatic imine (C=N–C) groups is 1. The van der Waals surface area contributed by atoms with E-state index in [9.17, 15) is 9.18 Å². The Morgan fingerprint density at radius 2 is 1.94 bits per heavy atom. The van der Waals surface area contributed by atoms with Crippen LogP contribution in [0, 0.1) is 5.82 Å². The van der Waals surface area contributed by atoms with Crippen molar-refractivity contribution in [3.8, 4) is 0 Å². The van der Waals surface area contributed by atoms with Gasteiger partial charge >= 0.3 is 0 Å². The van der Waals surface area contributed by atoms with Gasteiger partial charge in [0.1, 0.15) is 5.82 Å². The average Bonchev–Trinajstić information content (AvgIpc) is 2.25. The Morgan fingerprint density at radius 1 is 1.35 bits per heavy atom. The molecule has 0 saturated heterocycles. The van der Waals surface area contributed by atoms with Gasteiger partial charge in [0.25, 0.3) is 0 Å². The Labute approximate surface area is 99.9 Å². The van der Waals surface area contributed by atoms with Crippen molar-refractivity contribution < 1.29 is 9.18 Å². The Balaban J connectivity index is 2.70. The van der Waals surface area contributed by atoms with Gasteiger partial charge in [0.2, 0.25) is 0 Å². The summed E-state index contributed by atoms with van der Waals surface area (Å²) in [5, 5.41) is 0. The average molecular weight is 234 g/mol. The van der Waals surface area contributed by atoms with Crippen LogP contribution in [0.25, 0.3) is 0 Å². The molecule has 0 spiro atoms. The highest BCUT2D eigenvalue weighted by Gasteiger charge is 2.02. The molecule has 4 heteroatoms. The molecule has 0 amide bonds. The minimum atomic E-state index is -0.278. The first-order chi connectivity index (χ1) is 8.00. The maximum Gasteiger partial charge on any atom is 0.163 e. The number of ketones is 1. The Bertz CT molecular complexity index is 457. The van der Waals surface area contributed by atoms with Crippen LogP contribution in [0.5, 0.6) is 0 Å². The standard InChI is InChI=1S/C13H15FN2O/c1-9(15)13(10(2)17)8-16-7-11-3-5-12(14)6-4-11/h3-6,8H,7,15H2,1-2H3. The minimum Gasteiger partial charge on any atom is -0.402 e. The lowest BCUT2D eigenvalue weighted by Gasteiger charge is -1.99. The Morgan fingerprint density at radius 3 is 2.41 bits per heavy atom. The number of allylic oxidation sites excluding steroid dienone is 2. The quantitative estimate of drug-likeness (QED) is 0.641. The van der Waals surface area contributed by atoms with Crippen LogP contribution in [0.1, 0.15) is 19.4 Å². The van der Waals surface area contributed by atoms with E-state index in [1.807, 2.05) is 0 Å². The molecule has 3 nitrogen and oxygen atoms in total. The first-order valence-corrected chi connectivity index (χ1v) is 5.22. The zero-order chi connectivity index (χ0) is 12.8. The molecule has 0 radical (unpaired) electrons. The number of nitrogens with zero attached hydrogens (tertiary/aromatic N) is 1. The molecule has 0 heterocycles. The van der Waals surface area contributed by atoms with Crippen molar-refractivity contribution in [1.82, 2.24) is 0 Å². The summed E-state index contributed by atoms with van der Waals surface area (Å²) in [7, 11) is 0. The monoisotopic (exact) mass is 234 g/mol. The molecular weight excluding hydrogens is 219 g/mol. The van der Waals surface area contributed by atoms with Gasteiger partial charge in [-0.2, -0.15) is 0 Å². The maximum atomic E-state index is 12.6. The topological polar surface area (TPSA) is 55.5 Å². The molecular formula is C13H15FN2O. The maximum absolute atomic E-state index is 12.6. The van der Waals surface area contributed by atoms with Crippen LogP contribution >= 0.6 is 0 Å². The SMILES string of the molecule is CC(=O)C(C=NCc1ccc(F)cc1)=C(C)N. The summed E-state index contributed by atoms with van der Waals surface area (Å²) in [5.74, 6) is -0.396. The van der Waals surface area contributed by atoms with Gasteiger partial charge in [0, 0.05) is 11.9 Å². The number of nitrogens with two attached hydrogens (primary N) is 1. The molecule has 0 saturated carbocycles. The first kappa shape index (κ1) is 13.1. The second kappa shape index (κ2) is 5.94. The molecule has 0 aliphatic carbocycles. The van der Waals surface area contributed by atoms with E-state index in [2.05, 4.69) is 4.99 Å². The van der Waals surface area contributed by atoms with Gasteiger partial charge in [-0.1, -0.05) is 12.1 Å². The van der Waals surface area contributed by atoms with Crippen molar-refractivity contribution in [2.45, 2.75) is 20.4 Å². The van der Waals surface area contributed by atoms with Crippen molar-refractivity contribution >= 4 is 12.0 Å². The Hall–Kier alpha value is -1.97. The number of carbonyl (C=O) groups is 1. The summed E-state index contributed by atoms with van der Waals surface area (Å²) in [6, 6.07) is 6.06. The second-order valence-electron chi connectivity index (χ2n) is 3.75. The van der Waals surface area contributed by atoms with E-state index in [4.69, 9.17) is 5.73 Å². The number of benzene rings is 1. The van der Waals surface area contributed by atoms with Crippen molar-refractivity contribution in [1.29, 1.82) is 0 Å². The third kappa shape index (κ3) is 4.18. The number of hydrogen-bond donors (Lipinski definition) is 1. The summed E-state index contributed by atoms with van der Waals surface area (Å²) >= 11 is 0. The summed E-state index contributed by atoms with van der Waals surface area (Å²) < 4.78 is 12.6. The van der Waals surface area contributed by atoms with Crippen LogP contribution in [-0.2, 0) is 11.3 Å². The fourth-order valence-corrected chi connectivity index (χ4v) is 1.30. The zero-order valence-corrected chi connectivity index (χ0v) is 9.90. The molecule has 0 bridgehead atoms. The fraction of sp³-hybridized carbons (Fsp3) is 0.231. The highest BCUT2D eigenvalue weighted by molar-refractivity contribution is 6.12. The molecule has 1 aromatic rings. The van der Waals surface area contributed by atoms with Crippen LogP contribution < -0.4 is 5.73 Å². The van der Waals surface area contributed by atoms with Crippen LogP contribution in [-0.4, -0.2) is 12.0 Å². The van der Waals surface area contributed by atoms with Gasteiger partial charge in [-0.25, -0.2) is 4.39 Å². The van der Waals surface area contributed by atoms with Crippen molar-refractivity contribution in [2.75, 3.05) is 0 Å². The molecule has 2 N–H and O–H groups in total.